The second kappa shape index (κ2) is 5.35. The first-order valence-corrected chi connectivity index (χ1v) is 4.96. The Kier molecular flexibility index (Phi) is 4.10. The van der Waals surface area contributed by atoms with Gasteiger partial charge in [-0.2, -0.15) is 0 Å². The molecule has 2 nitrogen and oxygen atoms in total. The summed E-state index contributed by atoms with van der Waals surface area (Å²) in [4.78, 5) is 11.4. The lowest BCUT2D eigenvalue weighted by atomic mass is 10.0. The summed E-state index contributed by atoms with van der Waals surface area (Å²) in [5, 5.41) is 0. The van der Waals surface area contributed by atoms with Gasteiger partial charge in [-0.15, -0.1) is 0 Å². The maximum absolute atomic E-state index is 11.4. The van der Waals surface area contributed by atoms with E-state index in [0.29, 0.717) is 6.42 Å². The number of ether oxygens (including phenoxy) is 1. The van der Waals surface area contributed by atoms with Crippen LogP contribution >= 0.6 is 0 Å². The van der Waals surface area contributed by atoms with Crippen molar-refractivity contribution in [3.8, 4) is 5.75 Å². The van der Waals surface area contributed by atoms with E-state index in [1.807, 2.05) is 32.0 Å². The molecule has 0 amide bonds. The molecule has 0 saturated heterocycles. The molecule has 0 bridgehead atoms. The van der Waals surface area contributed by atoms with Crippen molar-refractivity contribution >= 4 is 5.78 Å². The Hall–Kier alpha value is -1.57. The second-order valence-electron chi connectivity index (χ2n) is 3.46. The van der Waals surface area contributed by atoms with Crippen molar-refractivity contribution in [1.82, 2.24) is 0 Å². The SMILES string of the molecule is C/C=C/C(=O)Cc1cc(C)ccc1OC. The molecule has 0 heterocycles. The number of carbonyl (C=O) groups is 1. The maximum Gasteiger partial charge on any atom is 0.159 e. The Morgan fingerprint density at radius 2 is 2.20 bits per heavy atom. The van der Waals surface area contributed by atoms with Gasteiger partial charge in [0.2, 0.25) is 0 Å². The molecule has 1 rings (SSSR count). The third kappa shape index (κ3) is 3.24. The van der Waals surface area contributed by atoms with Gasteiger partial charge in [0, 0.05) is 12.0 Å². The van der Waals surface area contributed by atoms with Gasteiger partial charge in [-0.05, 0) is 26.0 Å². The summed E-state index contributed by atoms with van der Waals surface area (Å²) in [6.07, 6.45) is 3.74. The molecule has 15 heavy (non-hydrogen) atoms. The zero-order valence-electron chi connectivity index (χ0n) is 9.41. The fourth-order valence-electron chi connectivity index (χ4n) is 1.48. The smallest absolute Gasteiger partial charge is 0.159 e. The Morgan fingerprint density at radius 3 is 2.80 bits per heavy atom. The van der Waals surface area contributed by atoms with E-state index in [9.17, 15) is 4.79 Å². The van der Waals surface area contributed by atoms with Crippen LogP contribution in [0.15, 0.2) is 30.4 Å². The number of aryl methyl sites for hydroxylation is 1. The minimum absolute atomic E-state index is 0.0985. The average molecular weight is 204 g/mol. The van der Waals surface area contributed by atoms with Crippen LogP contribution in [0.3, 0.4) is 0 Å². The number of hydrogen-bond donors (Lipinski definition) is 0. The highest BCUT2D eigenvalue weighted by Gasteiger charge is 2.06. The molecule has 0 aliphatic carbocycles. The highest BCUT2D eigenvalue weighted by molar-refractivity contribution is 5.91. The molecule has 0 fully saturated rings. The lowest BCUT2D eigenvalue weighted by Gasteiger charge is -2.07. The summed E-state index contributed by atoms with van der Waals surface area (Å²) in [6, 6.07) is 5.86. The minimum atomic E-state index is 0.0985. The van der Waals surface area contributed by atoms with Crippen LogP contribution < -0.4 is 4.74 Å². The quantitative estimate of drug-likeness (QED) is 0.705. The minimum Gasteiger partial charge on any atom is -0.496 e. The highest BCUT2D eigenvalue weighted by atomic mass is 16.5. The number of benzene rings is 1. The predicted molar refractivity (Wildman–Crippen MR) is 61.3 cm³/mol. The lowest BCUT2D eigenvalue weighted by Crippen LogP contribution is -2.01. The summed E-state index contributed by atoms with van der Waals surface area (Å²) in [5.41, 5.74) is 2.08. The number of hydrogen-bond acceptors (Lipinski definition) is 2. The van der Waals surface area contributed by atoms with E-state index in [0.717, 1.165) is 16.9 Å². The average Bonchev–Trinajstić information content (AvgIpc) is 2.18. The Labute approximate surface area is 90.6 Å². The monoisotopic (exact) mass is 204 g/mol. The number of carbonyl (C=O) groups excluding carboxylic acids is 1. The molecule has 0 aromatic heterocycles. The molecule has 0 unspecified atom stereocenters. The zero-order chi connectivity index (χ0) is 11.3. The molecule has 0 aliphatic heterocycles. The van der Waals surface area contributed by atoms with Gasteiger partial charge >= 0.3 is 0 Å². The summed E-state index contributed by atoms with van der Waals surface area (Å²) in [7, 11) is 1.62. The molecule has 1 aromatic carbocycles. The van der Waals surface area contributed by atoms with E-state index in [-0.39, 0.29) is 5.78 Å². The summed E-state index contributed by atoms with van der Waals surface area (Å²) in [5.74, 6) is 0.875. The van der Waals surface area contributed by atoms with Gasteiger partial charge < -0.3 is 4.74 Å². The van der Waals surface area contributed by atoms with Crippen LogP contribution in [0.25, 0.3) is 0 Å². The molecule has 80 valence electrons. The van der Waals surface area contributed by atoms with Crippen molar-refractivity contribution in [3.63, 3.8) is 0 Å². The van der Waals surface area contributed by atoms with E-state index in [1.54, 1.807) is 19.3 Å². The first kappa shape index (κ1) is 11.5. The first-order valence-electron chi connectivity index (χ1n) is 4.96. The standard InChI is InChI=1S/C13H16O2/c1-4-5-12(14)9-11-8-10(2)6-7-13(11)15-3/h4-8H,9H2,1-3H3/b5-4+. The third-order valence-corrected chi connectivity index (χ3v) is 2.15. The fraction of sp³-hybridized carbons (Fsp3) is 0.308. The number of allylic oxidation sites excluding steroid dienone is 2. The van der Waals surface area contributed by atoms with E-state index < -0.39 is 0 Å². The van der Waals surface area contributed by atoms with Crippen LogP contribution in [0.5, 0.6) is 5.75 Å². The summed E-state index contributed by atoms with van der Waals surface area (Å²) >= 11 is 0. The van der Waals surface area contributed by atoms with Gasteiger partial charge in [0.25, 0.3) is 0 Å². The van der Waals surface area contributed by atoms with Crippen LogP contribution in [-0.2, 0) is 11.2 Å². The van der Waals surface area contributed by atoms with Crippen molar-refractivity contribution in [2.24, 2.45) is 0 Å². The molecule has 1 aromatic rings. The Bertz CT molecular complexity index is 378. The fourth-order valence-corrected chi connectivity index (χ4v) is 1.48. The van der Waals surface area contributed by atoms with Crippen LogP contribution in [0, 0.1) is 6.92 Å². The van der Waals surface area contributed by atoms with E-state index in [2.05, 4.69) is 0 Å². The molecule has 0 spiro atoms. The number of ketones is 1. The van der Waals surface area contributed by atoms with Crippen LogP contribution in [-0.4, -0.2) is 12.9 Å². The second-order valence-corrected chi connectivity index (χ2v) is 3.46. The molecule has 0 radical (unpaired) electrons. The van der Waals surface area contributed by atoms with Gasteiger partial charge in [0.05, 0.1) is 7.11 Å². The van der Waals surface area contributed by atoms with Crippen molar-refractivity contribution in [2.45, 2.75) is 20.3 Å². The van der Waals surface area contributed by atoms with E-state index in [4.69, 9.17) is 4.74 Å². The molecule has 2 heteroatoms. The first-order chi connectivity index (χ1) is 7.17. The van der Waals surface area contributed by atoms with Crippen LogP contribution in [0.4, 0.5) is 0 Å². The number of rotatable bonds is 4. The lowest BCUT2D eigenvalue weighted by molar-refractivity contribution is -0.114. The topological polar surface area (TPSA) is 26.3 Å². The molecule has 0 N–H and O–H groups in total. The molecule has 0 aliphatic rings. The zero-order valence-corrected chi connectivity index (χ0v) is 9.41. The summed E-state index contributed by atoms with van der Waals surface area (Å²) in [6.45, 7) is 3.84. The van der Waals surface area contributed by atoms with Gasteiger partial charge in [0.1, 0.15) is 5.75 Å². The van der Waals surface area contributed by atoms with E-state index >= 15 is 0 Å². The molecule has 0 atom stereocenters. The van der Waals surface area contributed by atoms with Crippen molar-refractivity contribution in [3.05, 3.63) is 41.5 Å². The molecular formula is C13H16O2. The molecule has 0 saturated carbocycles. The van der Waals surface area contributed by atoms with Crippen LogP contribution in [0.1, 0.15) is 18.1 Å². The normalized spacial score (nSPS) is 10.6. The van der Waals surface area contributed by atoms with Gasteiger partial charge in [0.15, 0.2) is 5.78 Å². The van der Waals surface area contributed by atoms with Crippen molar-refractivity contribution in [1.29, 1.82) is 0 Å². The predicted octanol–water partition coefficient (Wildman–Crippen LogP) is 2.69. The number of methoxy groups -OCH3 is 1. The van der Waals surface area contributed by atoms with Crippen molar-refractivity contribution in [2.75, 3.05) is 7.11 Å². The Balaban J connectivity index is 2.91. The van der Waals surface area contributed by atoms with Gasteiger partial charge in [-0.25, -0.2) is 0 Å². The van der Waals surface area contributed by atoms with Crippen LogP contribution in [0.2, 0.25) is 0 Å². The van der Waals surface area contributed by atoms with Crippen molar-refractivity contribution < 1.29 is 9.53 Å². The van der Waals surface area contributed by atoms with E-state index in [1.165, 1.54) is 0 Å². The summed E-state index contributed by atoms with van der Waals surface area (Å²) < 4.78 is 5.20. The largest absolute Gasteiger partial charge is 0.496 e. The third-order valence-electron chi connectivity index (χ3n) is 2.15. The van der Waals surface area contributed by atoms with Gasteiger partial charge in [-0.3, -0.25) is 4.79 Å². The molecular weight excluding hydrogens is 188 g/mol. The highest BCUT2D eigenvalue weighted by Crippen LogP contribution is 2.20. The Morgan fingerprint density at radius 1 is 1.47 bits per heavy atom. The maximum atomic E-state index is 11.4. The van der Waals surface area contributed by atoms with Gasteiger partial charge in [-0.1, -0.05) is 23.8 Å².